The van der Waals surface area contributed by atoms with Gasteiger partial charge in [-0.15, -0.1) is 0 Å². The molecule has 3 amide bonds. The maximum absolute atomic E-state index is 12.7. The number of hydrogen-bond acceptors (Lipinski definition) is 6. The molecule has 1 aliphatic rings. The number of hydrogen-bond donors (Lipinski definition) is 3. The van der Waals surface area contributed by atoms with E-state index in [1.54, 1.807) is 36.4 Å². The first-order valence-corrected chi connectivity index (χ1v) is 12.7. The summed E-state index contributed by atoms with van der Waals surface area (Å²) in [7, 11) is 0. The van der Waals surface area contributed by atoms with Crippen molar-refractivity contribution in [1.29, 1.82) is 0 Å². The van der Waals surface area contributed by atoms with Crippen LogP contribution in [0.5, 0.6) is 11.5 Å². The third-order valence-electron chi connectivity index (χ3n) is 6.07. The van der Waals surface area contributed by atoms with E-state index in [4.69, 9.17) is 14.3 Å². The molecule has 0 saturated carbocycles. The molecule has 5 rings (SSSR count). The van der Waals surface area contributed by atoms with Crippen LogP contribution in [0, 0.1) is 0 Å². The normalized spacial score (nSPS) is 13.8. The summed E-state index contributed by atoms with van der Waals surface area (Å²) < 4.78 is 11.6. The van der Waals surface area contributed by atoms with E-state index < -0.39 is 23.8 Å². The Morgan fingerprint density at radius 1 is 0.825 bits per heavy atom. The smallest absolute Gasteiger partial charge is 0.274 e. The number of rotatable bonds is 10. The Kier molecular flexibility index (Phi) is 8.33. The summed E-state index contributed by atoms with van der Waals surface area (Å²) >= 11 is 0. The van der Waals surface area contributed by atoms with Gasteiger partial charge in [-0.05, 0) is 53.6 Å². The predicted octanol–water partition coefficient (Wildman–Crippen LogP) is 4.86. The molecular weight excluding hydrogens is 510 g/mol. The first kappa shape index (κ1) is 26.5. The van der Waals surface area contributed by atoms with Crippen molar-refractivity contribution in [3.8, 4) is 11.5 Å². The Hall–Kier alpha value is -5.15. The Bertz CT molecular complexity index is 1480. The molecule has 0 spiro atoms. The minimum Gasteiger partial charge on any atom is -0.489 e. The molecule has 4 aromatic carbocycles. The Morgan fingerprint density at radius 2 is 1.50 bits per heavy atom. The van der Waals surface area contributed by atoms with Crippen LogP contribution in [0.25, 0.3) is 0 Å². The van der Waals surface area contributed by atoms with E-state index in [0.717, 1.165) is 11.1 Å². The highest BCUT2D eigenvalue weighted by atomic mass is 16.6. The maximum atomic E-state index is 12.7. The van der Waals surface area contributed by atoms with Gasteiger partial charge in [0.25, 0.3) is 11.8 Å². The van der Waals surface area contributed by atoms with Gasteiger partial charge in [-0.25, -0.2) is 5.48 Å². The molecule has 1 aliphatic heterocycles. The summed E-state index contributed by atoms with van der Waals surface area (Å²) in [6.07, 6.45) is -1.28. The van der Waals surface area contributed by atoms with Crippen LogP contribution < -0.4 is 25.6 Å². The third-order valence-corrected chi connectivity index (χ3v) is 6.07. The average Bonchev–Trinajstić information content (AvgIpc) is 2.98. The predicted molar refractivity (Wildman–Crippen MR) is 149 cm³/mol. The van der Waals surface area contributed by atoms with Gasteiger partial charge in [0.2, 0.25) is 5.91 Å². The molecule has 202 valence electrons. The summed E-state index contributed by atoms with van der Waals surface area (Å²) in [5.74, 6) is -0.364. The fraction of sp³-hybridized carbons (Fsp3) is 0.129. The standard InChI is InChI=1S/C31H27N3O6/c35-29(32-24-12-14-25(15-13-24)38-19-21-7-3-1-4-8-21)18-28-31(37)33-26-16-11-23(17-27(26)40-28)30(36)34-39-20-22-9-5-2-6-10-22/h1-17,28H,18-20H2,(H,32,35)(H,33,37)(H,34,36). The van der Waals surface area contributed by atoms with Gasteiger partial charge in [0.1, 0.15) is 18.1 Å². The molecule has 9 heteroatoms. The minimum absolute atomic E-state index is 0.213. The number of carbonyl (C=O) groups excluding carboxylic acids is 3. The van der Waals surface area contributed by atoms with Crippen molar-refractivity contribution in [2.75, 3.05) is 10.6 Å². The van der Waals surface area contributed by atoms with Crippen molar-refractivity contribution in [2.24, 2.45) is 0 Å². The second kappa shape index (κ2) is 12.6. The Balaban J connectivity index is 1.12. The number of hydroxylamine groups is 1. The van der Waals surface area contributed by atoms with E-state index in [2.05, 4.69) is 16.1 Å². The van der Waals surface area contributed by atoms with E-state index in [-0.39, 0.29) is 24.3 Å². The number of carbonyl (C=O) groups is 3. The Labute approximate surface area is 231 Å². The van der Waals surface area contributed by atoms with Crippen LogP contribution in [0.2, 0.25) is 0 Å². The molecule has 0 saturated heterocycles. The van der Waals surface area contributed by atoms with Gasteiger partial charge in [-0.3, -0.25) is 19.2 Å². The largest absolute Gasteiger partial charge is 0.489 e. The molecule has 9 nitrogen and oxygen atoms in total. The number of fused-ring (bicyclic) bond motifs is 1. The van der Waals surface area contributed by atoms with Gasteiger partial charge < -0.3 is 20.1 Å². The fourth-order valence-corrected chi connectivity index (χ4v) is 3.99. The third kappa shape index (κ3) is 7.03. The van der Waals surface area contributed by atoms with Crippen molar-refractivity contribution >= 4 is 29.1 Å². The van der Waals surface area contributed by atoms with E-state index in [0.29, 0.717) is 23.7 Å². The second-order valence-corrected chi connectivity index (χ2v) is 9.06. The quantitative estimate of drug-likeness (QED) is 0.249. The number of ether oxygens (including phenoxy) is 2. The van der Waals surface area contributed by atoms with E-state index in [9.17, 15) is 14.4 Å². The van der Waals surface area contributed by atoms with Crippen LogP contribution in [0.15, 0.2) is 103 Å². The van der Waals surface area contributed by atoms with Crippen molar-refractivity contribution in [2.45, 2.75) is 25.7 Å². The lowest BCUT2D eigenvalue weighted by Crippen LogP contribution is -2.39. The van der Waals surface area contributed by atoms with Gasteiger partial charge in [0.05, 0.1) is 18.7 Å². The molecule has 4 aromatic rings. The first-order chi connectivity index (χ1) is 19.5. The molecule has 1 atom stereocenters. The molecular formula is C31H27N3O6. The highest BCUT2D eigenvalue weighted by Crippen LogP contribution is 2.31. The number of benzene rings is 4. The molecule has 3 N–H and O–H groups in total. The highest BCUT2D eigenvalue weighted by molar-refractivity contribution is 6.03. The molecule has 0 radical (unpaired) electrons. The Morgan fingerprint density at radius 3 is 2.20 bits per heavy atom. The summed E-state index contributed by atoms with van der Waals surface area (Å²) in [4.78, 5) is 43.0. The first-order valence-electron chi connectivity index (χ1n) is 12.7. The van der Waals surface area contributed by atoms with Crippen LogP contribution in [-0.4, -0.2) is 23.8 Å². The van der Waals surface area contributed by atoms with Gasteiger partial charge in [0, 0.05) is 11.3 Å². The summed E-state index contributed by atoms with van der Waals surface area (Å²) in [5.41, 5.74) is 5.61. The maximum Gasteiger partial charge on any atom is 0.274 e. The molecule has 0 bridgehead atoms. The van der Waals surface area contributed by atoms with E-state index in [1.165, 1.54) is 6.07 Å². The lowest BCUT2D eigenvalue weighted by molar-refractivity contribution is -0.128. The second-order valence-electron chi connectivity index (χ2n) is 9.06. The zero-order valence-corrected chi connectivity index (χ0v) is 21.5. The molecule has 1 unspecified atom stereocenters. The zero-order chi connectivity index (χ0) is 27.7. The van der Waals surface area contributed by atoms with Crippen LogP contribution >= 0.6 is 0 Å². The van der Waals surface area contributed by atoms with Gasteiger partial charge >= 0.3 is 0 Å². The summed E-state index contributed by atoms with van der Waals surface area (Å²) in [6.45, 7) is 0.650. The molecule has 0 aromatic heterocycles. The SMILES string of the molecule is O=C(CC1Oc2cc(C(=O)NOCc3ccccc3)ccc2NC1=O)Nc1ccc(OCc2ccccc2)cc1. The lowest BCUT2D eigenvalue weighted by atomic mass is 10.1. The zero-order valence-electron chi connectivity index (χ0n) is 21.5. The monoisotopic (exact) mass is 537 g/mol. The van der Waals surface area contributed by atoms with Gasteiger partial charge in [-0.1, -0.05) is 60.7 Å². The molecule has 0 aliphatic carbocycles. The van der Waals surface area contributed by atoms with Crippen molar-refractivity contribution in [3.05, 3.63) is 120 Å². The lowest BCUT2D eigenvalue weighted by Gasteiger charge is -2.26. The molecule has 40 heavy (non-hydrogen) atoms. The van der Waals surface area contributed by atoms with Crippen molar-refractivity contribution in [1.82, 2.24) is 5.48 Å². The van der Waals surface area contributed by atoms with Crippen molar-refractivity contribution < 1.29 is 28.7 Å². The van der Waals surface area contributed by atoms with Crippen LogP contribution in [0.3, 0.4) is 0 Å². The molecule has 1 heterocycles. The van der Waals surface area contributed by atoms with Gasteiger partial charge in [-0.2, -0.15) is 0 Å². The number of anilines is 2. The topological polar surface area (TPSA) is 115 Å². The number of nitrogens with one attached hydrogen (secondary N) is 3. The van der Waals surface area contributed by atoms with E-state index in [1.807, 2.05) is 60.7 Å². The highest BCUT2D eigenvalue weighted by Gasteiger charge is 2.30. The van der Waals surface area contributed by atoms with Crippen LogP contribution in [0.4, 0.5) is 11.4 Å². The summed E-state index contributed by atoms with van der Waals surface area (Å²) in [6, 6.07) is 30.8. The van der Waals surface area contributed by atoms with Gasteiger partial charge in [0.15, 0.2) is 6.10 Å². The number of amides is 3. The average molecular weight is 538 g/mol. The van der Waals surface area contributed by atoms with Crippen molar-refractivity contribution in [3.63, 3.8) is 0 Å². The van der Waals surface area contributed by atoms with Crippen LogP contribution in [-0.2, 0) is 27.6 Å². The minimum atomic E-state index is -1.06. The van der Waals surface area contributed by atoms with E-state index >= 15 is 0 Å². The fourth-order valence-electron chi connectivity index (χ4n) is 3.99. The van der Waals surface area contributed by atoms with Crippen LogP contribution in [0.1, 0.15) is 27.9 Å². The summed E-state index contributed by atoms with van der Waals surface area (Å²) in [5, 5.41) is 5.49. The molecule has 0 fully saturated rings.